The molecule has 5 heteroatoms. The molecule has 1 aromatic carbocycles. The summed E-state index contributed by atoms with van der Waals surface area (Å²) in [5.41, 5.74) is 0.863. The first-order chi connectivity index (χ1) is 10.1. The molecule has 0 bridgehead atoms. The summed E-state index contributed by atoms with van der Waals surface area (Å²) < 4.78 is 0. The second kappa shape index (κ2) is 7.71. The van der Waals surface area contributed by atoms with Crippen LogP contribution in [0.2, 0.25) is 0 Å². The topological polar surface area (TPSA) is 62.2 Å². The van der Waals surface area contributed by atoms with Crippen molar-refractivity contribution in [2.24, 2.45) is 0 Å². The summed E-state index contributed by atoms with van der Waals surface area (Å²) in [6, 6.07) is 9.43. The van der Waals surface area contributed by atoms with Crippen LogP contribution < -0.4 is 5.32 Å². The van der Waals surface area contributed by atoms with E-state index in [4.69, 9.17) is 0 Å². The molecule has 0 aliphatic rings. The van der Waals surface area contributed by atoms with Crippen LogP contribution in [-0.4, -0.2) is 22.5 Å². The standard InChI is InChI=1S/C16H18N2O2S/c1-12-18-11-14(21-12)7-8-16(20)17-10-9-15(19)13-5-3-2-4-6-13/h2-8,11,15,19H,9-10H2,1H3,(H,17,20). The molecule has 1 atom stereocenters. The first kappa shape index (κ1) is 15.4. The van der Waals surface area contributed by atoms with Gasteiger partial charge < -0.3 is 10.4 Å². The van der Waals surface area contributed by atoms with Gasteiger partial charge >= 0.3 is 0 Å². The SMILES string of the molecule is Cc1ncc(C=CC(=O)NCCC(O)c2ccccc2)s1. The molecule has 110 valence electrons. The summed E-state index contributed by atoms with van der Waals surface area (Å²) in [4.78, 5) is 16.7. The van der Waals surface area contributed by atoms with Crippen LogP contribution in [0, 0.1) is 6.92 Å². The molecule has 0 aliphatic carbocycles. The van der Waals surface area contributed by atoms with E-state index < -0.39 is 6.10 Å². The summed E-state index contributed by atoms with van der Waals surface area (Å²) in [5.74, 6) is -0.165. The number of rotatable bonds is 6. The van der Waals surface area contributed by atoms with Crippen LogP contribution in [0.4, 0.5) is 0 Å². The molecule has 0 saturated carbocycles. The van der Waals surface area contributed by atoms with Gasteiger partial charge in [-0.05, 0) is 25.0 Å². The second-order valence-corrected chi connectivity index (χ2v) is 5.89. The van der Waals surface area contributed by atoms with E-state index in [2.05, 4.69) is 10.3 Å². The van der Waals surface area contributed by atoms with E-state index >= 15 is 0 Å². The average molecular weight is 302 g/mol. The van der Waals surface area contributed by atoms with Crippen LogP contribution in [0.5, 0.6) is 0 Å². The van der Waals surface area contributed by atoms with Crippen LogP contribution >= 0.6 is 11.3 Å². The van der Waals surface area contributed by atoms with Crippen molar-refractivity contribution in [3.8, 4) is 0 Å². The van der Waals surface area contributed by atoms with Gasteiger partial charge in [0.25, 0.3) is 0 Å². The Kier molecular flexibility index (Phi) is 5.66. The molecule has 1 unspecified atom stereocenters. The second-order valence-electron chi connectivity index (χ2n) is 4.62. The Balaban J connectivity index is 1.73. The minimum absolute atomic E-state index is 0.165. The van der Waals surface area contributed by atoms with E-state index in [0.717, 1.165) is 15.4 Å². The van der Waals surface area contributed by atoms with E-state index in [1.165, 1.54) is 17.4 Å². The number of nitrogens with zero attached hydrogens (tertiary/aromatic N) is 1. The maximum atomic E-state index is 11.6. The van der Waals surface area contributed by atoms with Crippen molar-refractivity contribution >= 4 is 23.3 Å². The molecule has 0 radical (unpaired) electrons. The minimum Gasteiger partial charge on any atom is -0.388 e. The number of aromatic nitrogens is 1. The zero-order chi connectivity index (χ0) is 15.1. The number of aliphatic hydroxyl groups excluding tert-OH is 1. The number of amides is 1. The van der Waals surface area contributed by atoms with Gasteiger partial charge in [0.2, 0.25) is 5.91 Å². The van der Waals surface area contributed by atoms with Gasteiger partial charge in [-0.25, -0.2) is 4.98 Å². The number of nitrogens with one attached hydrogen (secondary N) is 1. The number of benzene rings is 1. The molecule has 4 nitrogen and oxygen atoms in total. The Bertz CT molecular complexity index is 608. The number of aryl methyl sites for hydroxylation is 1. The number of hydrogen-bond donors (Lipinski definition) is 2. The molecule has 2 rings (SSSR count). The van der Waals surface area contributed by atoms with Crippen molar-refractivity contribution in [2.75, 3.05) is 6.54 Å². The zero-order valence-electron chi connectivity index (χ0n) is 11.8. The van der Waals surface area contributed by atoms with Crippen molar-refractivity contribution in [1.82, 2.24) is 10.3 Å². The van der Waals surface area contributed by atoms with Gasteiger partial charge in [0.05, 0.1) is 11.1 Å². The Morgan fingerprint density at radius 3 is 2.86 bits per heavy atom. The van der Waals surface area contributed by atoms with E-state index in [-0.39, 0.29) is 5.91 Å². The van der Waals surface area contributed by atoms with Gasteiger partial charge in [0, 0.05) is 23.7 Å². The molecule has 1 amide bonds. The minimum atomic E-state index is -0.556. The fraction of sp³-hybridized carbons (Fsp3) is 0.250. The Morgan fingerprint density at radius 2 is 2.19 bits per heavy atom. The van der Waals surface area contributed by atoms with Crippen molar-refractivity contribution < 1.29 is 9.90 Å². The highest BCUT2D eigenvalue weighted by molar-refractivity contribution is 7.12. The van der Waals surface area contributed by atoms with Gasteiger partial charge in [-0.3, -0.25) is 4.79 Å². The molecule has 1 heterocycles. The normalized spacial score (nSPS) is 12.5. The predicted octanol–water partition coefficient (Wildman–Crippen LogP) is 2.70. The Labute approximate surface area is 128 Å². The quantitative estimate of drug-likeness (QED) is 0.807. The lowest BCUT2D eigenvalue weighted by molar-refractivity contribution is -0.116. The van der Waals surface area contributed by atoms with Gasteiger partial charge in [-0.1, -0.05) is 30.3 Å². The molecule has 0 aliphatic heterocycles. The Hall–Kier alpha value is -1.98. The maximum absolute atomic E-state index is 11.6. The van der Waals surface area contributed by atoms with Gasteiger partial charge in [0.1, 0.15) is 0 Å². The number of hydrogen-bond acceptors (Lipinski definition) is 4. The first-order valence-corrected chi connectivity index (χ1v) is 7.58. The summed E-state index contributed by atoms with van der Waals surface area (Å²) in [6.45, 7) is 2.36. The van der Waals surface area contributed by atoms with Gasteiger partial charge in [0.15, 0.2) is 0 Å². The molecule has 21 heavy (non-hydrogen) atoms. The lowest BCUT2D eigenvalue weighted by atomic mass is 10.1. The van der Waals surface area contributed by atoms with Crippen LogP contribution in [0.15, 0.2) is 42.6 Å². The molecular formula is C16H18N2O2S. The summed E-state index contributed by atoms with van der Waals surface area (Å²) in [5, 5.41) is 13.7. The largest absolute Gasteiger partial charge is 0.388 e. The van der Waals surface area contributed by atoms with Gasteiger partial charge in [-0.2, -0.15) is 0 Å². The van der Waals surface area contributed by atoms with Crippen molar-refractivity contribution in [2.45, 2.75) is 19.4 Å². The van der Waals surface area contributed by atoms with Crippen LogP contribution in [0.25, 0.3) is 6.08 Å². The van der Waals surface area contributed by atoms with Crippen LogP contribution in [-0.2, 0) is 4.79 Å². The van der Waals surface area contributed by atoms with Crippen molar-refractivity contribution in [1.29, 1.82) is 0 Å². The summed E-state index contributed by atoms with van der Waals surface area (Å²) in [7, 11) is 0. The fourth-order valence-electron chi connectivity index (χ4n) is 1.85. The highest BCUT2D eigenvalue weighted by Gasteiger charge is 2.06. The average Bonchev–Trinajstić information content (AvgIpc) is 2.91. The smallest absolute Gasteiger partial charge is 0.244 e. The molecule has 0 fully saturated rings. The molecule has 2 aromatic rings. The molecule has 0 spiro atoms. The van der Waals surface area contributed by atoms with Crippen LogP contribution in [0.1, 0.15) is 28.0 Å². The van der Waals surface area contributed by atoms with E-state index in [9.17, 15) is 9.90 Å². The number of thiazole rings is 1. The number of aliphatic hydroxyl groups is 1. The third kappa shape index (κ3) is 5.13. The molecule has 0 saturated heterocycles. The molecular weight excluding hydrogens is 284 g/mol. The Morgan fingerprint density at radius 1 is 1.43 bits per heavy atom. The lowest BCUT2D eigenvalue weighted by Crippen LogP contribution is -2.23. The van der Waals surface area contributed by atoms with Crippen LogP contribution in [0.3, 0.4) is 0 Å². The highest BCUT2D eigenvalue weighted by Crippen LogP contribution is 2.15. The van der Waals surface area contributed by atoms with E-state index in [1.807, 2.05) is 37.3 Å². The molecule has 2 N–H and O–H groups in total. The highest BCUT2D eigenvalue weighted by atomic mass is 32.1. The van der Waals surface area contributed by atoms with Crippen molar-refractivity contribution in [3.63, 3.8) is 0 Å². The number of carbonyl (C=O) groups is 1. The van der Waals surface area contributed by atoms with E-state index in [1.54, 1.807) is 12.3 Å². The monoisotopic (exact) mass is 302 g/mol. The van der Waals surface area contributed by atoms with Crippen molar-refractivity contribution in [3.05, 3.63) is 58.1 Å². The third-order valence-electron chi connectivity index (χ3n) is 2.94. The molecule has 1 aromatic heterocycles. The fourth-order valence-corrected chi connectivity index (χ4v) is 2.53. The zero-order valence-corrected chi connectivity index (χ0v) is 12.6. The lowest BCUT2D eigenvalue weighted by Gasteiger charge is -2.10. The number of carbonyl (C=O) groups excluding carboxylic acids is 1. The van der Waals surface area contributed by atoms with Gasteiger partial charge in [-0.15, -0.1) is 11.3 Å². The maximum Gasteiger partial charge on any atom is 0.244 e. The summed E-state index contributed by atoms with van der Waals surface area (Å²) in [6.07, 6.45) is 4.90. The predicted molar refractivity (Wildman–Crippen MR) is 84.9 cm³/mol. The first-order valence-electron chi connectivity index (χ1n) is 6.76. The summed E-state index contributed by atoms with van der Waals surface area (Å²) >= 11 is 1.54. The third-order valence-corrected chi connectivity index (χ3v) is 3.82. The van der Waals surface area contributed by atoms with E-state index in [0.29, 0.717) is 13.0 Å².